The summed E-state index contributed by atoms with van der Waals surface area (Å²) in [5.74, 6) is 0.700. The van der Waals surface area contributed by atoms with Crippen LogP contribution in [0.1, 0.15) is 25.8 Å². The van der Waals surface area contributed by atoms with Crippen molar-refractivity contribution >= 4 is 23.1 Å². The maximum atomic E-state index is 11.0. The Morgan fingerprint density at radius 1 is 1.53 bits per heavy atom. The summed E-state index contributed by atoms with van der Waals surface area (Å²) in [6.07, 6.45) is 0.732. The molecular weight excluding hydrogens is 264 g/mol. The van der Waals surface area contributed by atoms with Gasteiger partial charge in [-0.3, -0.25) is 10.1 Å². The molecule has 0 heterocycles. The first-order chi connectivity index (χ1) is 9.10. The molecule has 1 atom stereocenters. The van der Waals surface area contributed by atoms with Gasteiger partial charge in [0.25, 0.3) is 5.69 Å². The van der Waals surface area contributed by atoms with Crippen LogP contribution in [-0.4, -0.2) is 28.4 Å². The zero-order valence-corrected chi connectivity index (χ0v) is 12.1. The van der Waals surface area contributed by atoms with Crippen LogP contribution in [0.3, 0.4) is 0 Å². The molecule has 0 bridgehead atoms. The molecule has 5 nitrogen and oxygen atoms in total. The first-order valence-electron chi connectivity index (χ1n) is 6.32. The summed E-state index contributed by atoms with van der Waals surface area (Å²) in [6.45, 7) is 4.78. The third-order valence-corrected chi connectivity index (χ3v) is 4.02. The summed E-state index contributed by atoms with van der Waals surface area (Å²) in [5, 5.41) is 23.3. The number of benzene rings is 1. The molecule has 0 fully saturated rings. The maximum Gasteiger partial charge on any atom is 0.292 e. The molecule has 0 amide bonds. The number of thioether (sulfide) groups is 1. The van der Waals surface area contributed by atoms with Crippen LogP contribution in [0.15, 0.2) is 18.2 Å². The fraction of sp³-hybridized carbons (Fsp3) is 0.538. The first-order valence-corrected chi connectivity index (χ1v) is 7.37. The second-order valence-electron chi connectivity index (χ2n) is 4.23. The van der Waals surface area contributed by atoms with Crippen molar-refractivity contribution in [3.05, 3.63) is 33.9 Å². The monoisotopic (exact) mass is 284 g/mol. The Labute approximate surface area is 117 Å². The minimum atomic E-state index is -0.358. The molecule has 0 saturated carbocycles. The Morgan fingerprint density at radius 2 is 2.26 bits per heavy atom. The Hall–Kier alpha value is -1.27. The number of nitro groups is 1. The summed E-state index contributed by atoms with van der Waals surface area (Å²) in [5.41, 5.74) is 1.67. The van der Waals surface area contributed by atoms with Gasteiger partial charge in [-0.05, 0) is 18.9 Å². The molecule has 19 heavy (non-hydrogen) atoms. The number of aliphatic hydroxyl groups is 1. The predicted octanol–water partition coefficient (Wildman–Crippen LogP) is 3.03. The van der Waals surface area contributed by atoms with Crippen LogP contribution >= 0.6 is 11.8 Å². The Bertz CT molecular complexity index is 426. The molecule has 2 N–H and O–H groups in total. The van der Waals surface area contributed by atoms with Crippen molar-refractivity contribution in [1.29, 1.82) is 0 Å². The van der Waals surface area contributed by atoms with E-state index in [-0.39, 0.29) is 17.2 Å². The third kappa shape index (κ3) is 4.72. The summed E-state index contributed by atoms with van der Waals surface area (Å²) in [7, 11) is 0. The normalized spacial score (nSPS) is 12.2. The van der Waals surface area contributed by atoms with Gasteiger partial charge < -0.3 is 10.4 Å². The smallest absolute Gasteiger partial charge is 0.292 e. The summed E-state index contributed by atoms with van der Waals surface area (Å²) in [6, 6.07) is 5.14. The van der Waals surface area contributed by atoms with E-state index in [1.165, 1.54) is 6.07 Å². The first kappa shape index (κ1) is 15.8. The van der Waals surface area contributed by atoms with E-state index >= 15 is 0 Å². The van der Waals surface area contributed by atoms with Gasteiger partial charge >= 0.3 is 0 Å². The van der Waals surface area contributed by atoms with Gasteiger partial charge in [0.15, 0.2) is 0 Å². The van der Waals surface area contributed by atoms with Gasteiger partial charge in [-0.25, -0.2) is 0 Å². The van der Waals surface area contributed by atoms with Gasteiger partial charge in [0.1, 0.15) is 5.69 Å². The quantitative estimate of drug-likeness (QED) is 0.567. The van der Waals surface area contributed by atoms with Crippen LogP contribution in [0, 0.1) is 10.1 Å². The SMILES string of the molecule is CCNc1c(CSC(C)CCO)cccc1[N+](=O)[O-]. The average Bonchev–Trinajstić information content (AvgIpc) is 2.37. The molecule has 1 rings (SSSR count). The molecule has 106 valence electrons. The molecule has 1 aromatic rings. The topological polar surface area (TPSA) is 75.4 Å². The van der Waals surface area contributed by atoms with Crippen LogP contribution in [0.25, 0.3) is 0 Å². The van der Waals surface area contributed by atoms with Gasteiger partial charge in [-0.15, -0.1) is 0 Å². The molecule has 0 aliphatic rings. The zero-order valence-electron chi connectivity index (χ0n) is 11.3. The molecule has 0 aliphatic carbocycles. The van der Waals surface area contributed by atoms with Crippen molar-refractivity contribution in [1.82, 2.24) is 0 Å². The number of nitro benzene ring substituents is 1. The fourth-order valence-electron chi connectivity index (χ4n) is 1.74. The Balaban J connectivity index is 2.87. The molecule has 0 aliphatic heterocycles. The number of anilines is 1. The Kier molecular flexibility index (Phi) is 6.66. The van der Waals surface area contributed by atoms with Gasteiger partial charge in [0.05, 0.1) is 4.92 Å². The molecule has 6 heteroatoms. The van der Waals surface area contributed by atoms with E-state index in [1.54, 1.807) is 17.8 Å². The lowest BCUT2D eigenvalue weighted by molar-refractivity contribution is -0.384. The minimum Gasteiger partial charge on any atom is -0.396 e. The largest absolute Gasteiger partial charge is 0.396 e. The number of hydrogen-bond acceptors (Lipinski definition) is 5. The van der Waals surface area contributed by atoms with Crippen LogP contribution in [0.5, 0.6) is 0 Å². The Morgan fingerprint density at radius 3 is 2.84 bits per heavy atom. The summed E-state index contributed by atoms with van der Waals surface area (Å²) in [4.78, 5) is 10.7. The van der Waals surface area contributed by atoms with Crippen LogP contribution < -0.4 is 5.32 Å². The molecule has 0 spiro atoms. The van der Waals surface area contributed by atoms with Crippen molar-refractivity contribution < 1.29 is 10.0 Å². The van der Waals surface area contributed by atoms with Crippen LogP contribution in [0.2, 0.25) is 0 Å². The highest BCUT2D eigenvalue weighted by Crippen LogP contribution is 2.32. The van der Waals surface area contributed by atoms with Crippen LogP contribution in [-0.2, 0) is 5.75 Å². The number of nitrogens with zero attached hydrogens (tertiary/aromatic N) is 1. The van der Waals surface area contributed by atoms with Gasteiger partial charge in [0.2, 0.25) is 0 Å². The summed E-state index contributed by atoms with van der Waals surface area (Å²) >= 11 is 1.69. The van der Waals surface area contributed by atoms with E-state index in [0.29, 0.717) is 23.2 Å². The number of nitrogens with one attached hydrogen (secondary N) is 1. The van der Waals surface area contributed by atoms with Gasteiger partial charge in [-0.2, -0.15) is 11.8 Å². The van der Waals surface area contributed by atoms with E-state index in [9.17, 15) is 10.1 Å². The van der Waals surface area contributed by atoms with E-state index < -0.39 is 0 Å². The second kappa shape index (κ2) is 8.01. The number of hydrogen-bond donors (Lipinski definition) is 2. The standard InChI is InChI=1S/C13H20N2O3S/c1-3-14-13-11(9-19-10(2)7-8-16)5-4-6-12(13)15(17)18/h4-6,10,14,16H,3,7-9H2,1-2H3. The lowest BCUT2D eigenvalue weighted by atomic mass is 10.1. The lowest BCUT2D eigenvalue weighted by Crippen LogP contribution is -2.06. The van der Waals surface area contributed by atoms with Crippen molar-refractivity contribution in [3.63, 3.8) is 0 Å². The minimum absolute atomic E-state index is 0.120. The van der Waals surface area contributed by atoms with Crippen molar-refractivity contribution in [2.24, 2.45) is 0 Å². The molecule has 0 radical (unpaired) electrons. The number of aliphatic hydroxyl groups excluding tert-OH is 1. The third-order valence-electron chi connectivity index (χ3n) is 2.74. The second-order valence-corrected chi connectivity index (χ2v) is 5.66. The van der Waals surface area contributed by atoms with Crippen molar-refractivity contribution in [2.45, 2.75) is 31.3 Å². The van der Waals surface area contributed by atoms with E-state index in [0.717, 1.165) is 12.0 Å². The van der Waals surface area contributed by atoms with Crippen LogP contribution in [0.4, 0.5) is 11.4 Å². The van der Waals surface area contributed by atoms with Crippen molar-refractivity contribution in [2.75, 3.05) is 18.5 Å². The number of rotatable bonds is 8. The predicted molar refractivity (Wildman–Crippen MR) is 79.7 cm³/mol. The summed E-state index contributed by atoms with van der Waals surface area (Å²) < 4.78 is 0. The van der Waals surface area contributed by atoms with Crippen molar-refractivity contribution in [3.8, 4) is 0 Å². The number of para-hydroxylation sites is 1. The zero-order chi connectivity index (χ0) is 14.3. The molecule has 1 unspecified atom stereocenters. The highest BCUT2D eigenvalue weighted by Gasteiger charge is 2.17. The van der Waals surface area contributed by atoms with Gasteiger partial charge in [-0.1, -0.05) is 19.1 Å². The maximum absolute atomic E-state index is 11.0. The molecule has 0 saturated heterocycles. The van der Waals surface area contributed by atoms with E-state index in [1.807, 2.05) is 19.9 Å². The highest BCUT2D eigenvalue weighted by molar-refractivity contribution is 7.99. The molecular formula is C13H20N2O3S. The molecule has 0 aromatic heterocycles. The lowest BCUT2D eigenvalue weighted by Gasteiger charge is -2.13. The average molecular weight is 284 g/mol. The highest BCUT2D eigenvalue weighted by atomic mass is 32.2. The van der Waals surface area contributed by atoms with Gasteiger partial charge in [0, 0.05) is 30.2 Å². The van der Waals surface area contributed by atoms with E-state index in [2.05, 4.69) is 5.32 Å². The molecule has 1 aromatic carbocycles. The fourth-order valence-corrected chi connectivity index (χ4v) is 2.71. The van der Waals surface area contributed by atoms with E-state index in [4.69, 9.17) is 5.11 Å².